The molecule has 60 valence electrons. The van der Waals surface area contributed by atoms with Gasteiger partial charge in [-0.05, 0) is 18.7 Å². The minimum atomic E-state index is 1.07. The molecule has 0 aromatic carbocycles. The summed E-state index contributed by atoms with van der Waals surface area (Å²) in [6, 6.07) is 4.21. The van der Waals surface area contributed by atoms with Crippen LogP contribution < -0.4 is 4.57 Å². The third-order valence-electron chi connectivity index (χ3n) is 1.45. The molecule has 1 nitrogen and oxygen atoms in total. The van der Waals surface area contributed by atoms with E-state index in [4.69, 9.17) is 0 Å². The van der Waals surface area contributed by atoms with Crippen molar-refractivity contribution in [1.82, 2.24) is 0 Å². The van der Waals surface area contributed by atoms with E-state index in [-0.39, 0.29) is 0 Å². The van der Waals surface area contributed by atoms with Crippen LogP contribution in [0.25, 0.3) is 0 Å². The maximum Gasteiger partial charge on any atom is 0.194 e. The number of aryl methyl sites for hydroxylation is 1. The molecule has 0 spiro atoms. The predicted octanol–water partition coefficient (Wildman–Crippen LogP) is 1.99. The van der Waals surface area contributed by atoms with Crippen LogP contribution in [0.4, 0.5) is 0 Å². The summed E-state index contributed by atoms with van der Waals surface area (Å²) in [4.78, 5) is 0. The first-order valence-corrected chi connectivity index (χ1v) is 5.02. The van der Waals surface area contributed by atoms with Crippen LogP contribution >= 0.6 is 11.8 Å². The number of hydrogen-bond donors (Lipinski definition) is 0. The van der Waals surface area contributed by atoms with E-state index in [9.17, 15) is 0 Å². The van der Waals surface area contributed by atoms with Crippen LogP contribution in [0.5, 0.6) is 0 Å². The molecular formula is C9H14NS+. The Labute approximate surface area is 72.4 Å². The van der Waals surface area contributed by atoms with Crippen molar-refractivity contribution in [3.8, 4) is 0 Å². The van der Waals surface area contributed by atoms with E-state index in [0.717, 1.165) is 5.88 Å². The average molecular weight is 168 g/mol. The Hall–Kier alpha value is -0.500. The van der Waals surface area contributed by atoms with Gasteiger partial charge in [-0.1, -0.05) is 18.7 Å². The van der Waals surface area contributed by atoms with Crippen molar-refractivity contribution in [3.05, 3.63) is 30.1 Å². The Bertz CT molecular complexity index is 223. The number of rotatable bonds is 3. The summed E-state index contributed by atoms with van der Waals surface area (Å²) in [5.74, 6) is 2.25. The van der Waals surface area contributed by atoms with E-state index in [2.05, 4.69) is 42.9 Å². The highest BCUT2D eigenvalue weighted by Gasteiger charge is 1.97. The van der Waals surface area contributed by atoms with Crippen molar-refractivity contribution in [3.63, 3.8) is 0 Å². The molecular weight excluding hydrogens is 154 g/mol. The topological polar surface area (TPSA) is 3.88 Å². The van der Waals surface area contributed by atoms with Crippen LogP contribution in [-0.4, -0.2) is 5.75 Å². The molecule has 0 atom stereocenters. The summed E-state index contributed by atoms with van der Waals surface area (Å²) in [5, 5.41) is 0. The van der Waals surface area contributed by atoms with Crippen LogP contribution in [0, 0.1) is 6.92 Å². The second-order valence-electron chi connectivity index (χ2n) is 2.52. The minimum Gasteiger partial charge on any atom is -0.195 e. The maximum absolute atomic E-state index is 2.21. The van der Waals surface area contributed by atoms with Gasteiger partial charge in [0.05, 0.1) is 0 Å². The van der Waals surface area contributed by atoms with E-state index in [1.54, 1.807) is 0 Å². The van der Waals surface area contributed by atoms with Gasteiger partial charge in [0.25, 0.3) is 0 Å². The highest BCUT2D eigenvalue weighted by atomic mass is 32.2. The van der Waals surface area contributed by atoms with Gasteiger partial charge in [0, 0.05) is 11.6 Å². The molecule has 2 heteroatoms. The lowest BCUT2D eigenvalue weighted by Gasteiger charge is -1.94. The molecule has 1 heterocycles. The second-order valence-corrected chi connectivity index (χ2v) is 3.76. The molecule has 0 aliphatic rings. The quantitative estimate of drug-likeness (QED) is 0.624. The molecule has 11 heavy (non-hydrogen) atoms. The summed E-state index contributed by atoms with van der Waals surface area (Å²) in [5.41, 5.74) is 1.32. The maximum atomic E-state index is 2.21. The van der Waals surface area contributed by atoms with Crippen LogP contribution in [0.15, 0.2) is 24.5 Å². The fourth-order valence-corrected chi connectivity index (χ4v) is 1.48. The fourth-order valence-electron chi connectivity index (χ4n) is 0.930. The number of thioether (sulfide) groups is 1. The summed E-state index contributed by atoms with van der Waals surface area (Å²) in [6.45, 7) is 4.30. The van der Waals surface area contributed by atoms with E-state index in [0.29, 0.717) is 0 Å². The van der Waals surface area contributed by atoms with Gasteiger partial charge in [-0.2, -0.15) is 4.57 Å². The molecule has 0 bridgehead atoms. The standard InChI is InChI=1S/C9H14NS/c1-3-11-8-10-6-4-5-9(2)7-10/h4-7H,3,8H2,1-2H3/q+1. The van der Waals surface area contributed by atoms with E-state index >= 15 is 0 Å². The molecule has 0 aliphatic heterocycles. The lowest BCUT2D eigenvalue weighted by Crippen LogP contribution is -2.31. The largest absolute Gasteiger partial charge is 0.195 e. The Kier molecular flexibility index (Phi) is 3.43. The van der Waals surface area contributed by atoms with Crippen LogP contribution in [0.2, 0.25) is 0 Å². The predicted molar refractivity (Wildman–Crippen MR) is 49.5 cm³/mol. The highest BCUT2D eigenvalue weighted by Crippen LogP contribution is 1.97. The second kappa shape index (κ2) is 4.39. The lowest BCUT2D eigenvalue weighted by atomic mass is 10.3. The van der Waals surface area contributed by atoms with Gasteiger partial charge in [-0.3, -0.25) is 0 Å². The molecule has 0 unspecified atom stereocenters. The molecule has 0 saturated carbocycles. The van der Waals surface area contributed by atoms with Crippen molar-refractivity contribution in [2.24, 2.45) is 0 Å². The van der Waals surface area contributed by atoms with Crippen molar-refractivity contribution in [2.45, 2.75) is 19.7 Å². The third kappa shape index (κ3) is 2.93. The monoisotopic (exact) mass is 168 g/mol. The minimum absolute atomic E-state index is 1.07. The highest BCUT2D eigenvalue weighted by molar-refractivity contribution is 7.98. The summed E-state index contributed by atoms with van der Waals surface area (Å²) >= 11 is 1.93. The molecule has 1 aromatic rings. The van der Waals surface area contributed by atoms with Gasteiger partial charge in [0.15, 0.2) is 18.3 Å². The molecule has 0 N–H and O–H groups in total. The fraction of sp³-hybridized carbons (Fsp3) is 0.444. The van der Waals surface area contributed by atoms with Gasteiger partial charge in [-0.25, -0.2) is 0 Å². The molecule has 0 saturated heterocycles. The van der Waals surface area contributed by atoms with Gasteiger partial charge in [-0.15, -0.1) is 0 Å². The van der Waals surface area contributed by atoms with Gasteiger partial charge >= 0.3 is 0 Å². The zero-order valence-corrected chi connectivity index (χ0v) is 7.90. The first kappa shape index (κ1) is 8.60. The van der Waals surface area contributed by atoms with E-state index < -0.39 is 0 Å². The lowest BCUT2D eigenvalue weighted by molar-refractivity contribution is -0.676. The number of pyridine rings is 1. The zero-order chi connectivity index (χ0) is 8.10. The first-order chi connectivity index (χ1) is 5.33. The summed E-state index contributed by atoms with van der Waals surface area (Å²) in [7, 11) is 0. The number of nitrogens with zero attached hydrogens (tertiary/aromatic N) is 1. The Balaban J connectivity index is 2.56. The molecule has 1 rings (SSSR count). The van der Waals surface area contributed by atoms with E-state index in [1.165, 1.54) is 11.3 Å². The van der Waals surface area contributed by atoms with E-state index in [1.807, 2.05) is 11.8 Å². The Morgan fingerprint density at radius 1 is 1.55 bits per heavy atom. The van der Waals surface area contributed by atoms with Crippen molar-refractivity contribution in [1.29, 1.82) is 0 Å². The number of hydrogen-bond acceptors (Lipinski definition) is 1. The Morgan fingerprint density at radius 2 is 2.36 bits per heavy atom. The van der Waals surface area contributed by atoms with Crippen LogP contribution in [0.1, 0.15) is 12.5 Å². The van der Waals surface area contributed by atoms with Crippen molar-refractivity contribution in [2.75, 3.05) is 5.75 Å². The average Bonchev–Trinajstić information content (AvgIpc) is 2.01. The first-order valence-electron chi connectivity index (χ1n) is 3.86. The summed E-state index contributed by atoms with van der Waals surface area (Å²) < 4.78 is 2.21. The van der Waals surface area contributed by atoms with Crippen molar-refractivity contribution >= 4 is 11.8 Å². The molecule has 0 aliphatic carbocycles. The normalized spacial score (nSPS) is 10.0. The SMILES string of the molecule is CCSC[n+]1cccc(C)c1. The number of aromatic nitrogens is 1. The van der Waals surface area contributed by atoms with Crippen LogP contribution in [0.3, 0.4) is 0 Å². The molecule has 1 aromatic heterocycles. The zero-order valence-electron chi connectivity index (χ0n) is 7.08. The van der Waals surface area contributed by atoms with Gasteiger partial charge < -0.3 is 0 Å². The van der Waals surface area contributed by atoms with Gasteiger partial charge in [0.2, 0.25) is 0 Å². The smallest absolute Gasteiger partial charge is 0.194 e. The van der Waals surface area contributed by atoms with Crippen molar-refractivity contribution < 1.29 is 4.57 Å². The molecule has 0 amide bonds. The van der Waals surface area contributed by atoms with Crippen LogP contribution in [-0.2, 0) is 5.88 Å². The molecule has 0 fully saturated rings. The van der Waals surface area contributed by atoms with Gasteiger partial charge in [0.1, 0.15) is 0 Å². The Morgan fingerprint density at radius 3 is 3.00 bits per heavy atom. The summed E-state index contributed by atoms with van der Waals surface area (Å²) in [6.07, 6.45) is 4.28. The molecule has 0 radical (unpaired) electrons. The third-order valence-corrected chi connectivity index (χ3v) is 2.34.